The lowest BCUT2D eigenvalue weighted by Crippen LogP contribution is -2.22. The number of halogens is 3. The highest BCUT2D eigenvalue weighted by Crippen LogP contribution is 2.31. The van der Waals surface area contributed by atoms with E-state index in [1.54, 1.807) is 6.07 Å². The average Bonchev–Trinajstić information content (AvgIpc) is 2.33. The lowest BCUT2D eigenvalue weighted by molar-refractivity contribution is -0.137. The van der Waals surface area contributed by atoms with E-state index in [1.165, 1.54) is 6.07 Å². The predicted molar refractivity (Wildman–Crippen MR) is 63.2 cm³/mol. The molecule has 1 aromatic rings. The van der Waals surface area contributed by atoms with Gasteiger partial charge in [0.15, 0.2) is 0 Å². The van der Waals surface area contributed by atoms with E-state index in [2.05, 4.69) is 10.6 Å². The number of rotatable bonds is 5. The number of benzene rings is 1. The van der Waals surface area contributed by atoms with Gasteiger partial charge in [-0.2, -0.15) is 18.4 Å². The Balaban J connectivity index is 2.79. The Morgan fingerprint density at radius 2 is 2.00 bits per heavy atom. The first-order valence-electron chi connectivity index (χ1n) is 5.55. The molecule has 0 heterocycles. The summed E-state index contributed by atoms with van der Waals surface area (Å²) < 4.78 is 37.3. The van der Waals surface area contributed by atoms with Gasteiger partial charge in [-0.25, -0.2) is 0 Å². The topological polar surface area (TPSA) is 47.8 Å². The van der Waals surface area contributed by atoms with Crippen molar-refractivity contribution in [2.24, 2.45) is 0 Å². The number of nitrogens with one attached hydrogen (secondary N) is 2. The second kappa shape index (κ2) is 6.26. The smallest absolute Gasteiger partial charge is 0.383 e. The predicted octanol–water partition coefficient (Wildman–Crippen LogP) is 2.60. The molecule has 1 rings (SSSR count). The number of anilines is 1. The van der Waals surface area contributed by atoms with E-state index in [9.17, 15) is 13.2 Å². The van der Waals surface area contributed by atoms with Crippen LogP contribution in [0.15, 0.2) is 18.2 Å². The molecule has 0 saturated heterocycles. The van der Waals surface area contributed by atoms with Gasteiger partial charge in [0.05, 0.1) is 16.8 Å². The van der Waals surface area contributed by atoms with Crippen LogP contribution in [0.2, 0.25) is 0 Å². The molecule has 18 heavy (non-hydrogen) atoms. The first-order valence-corrected chi connectivity index (χ1v) is 5.55. The zero-order chi connectivity index (χ0) is 13.6. The third-order valence-corrected chi connectivity index (χ3v) is 2.33. The van der Waals surface area contributed by atoms with E-state index in [0.29, 0.717) is 18.8 Å². The van der Waals surface area contributed by atoms with Crippen LogP contribution in [0.4, 0.5) is 18.9 Å². The van der Waals surface area contributed by atoms with Crippen LogP contribution in [-0.4, -0.2) is 19.6 Å². The summed E-state index contributed by atoms with van der Waals surface area (Å²) in [6, 6.07) is 4.88. The minimum absolute atomic E-state index is 0.00123. The normalized spacial score (nSPS) is 11.1. The van der Waals surface area contributed by atoms with Crippen molar-refractivity contribution in [3.05, 3.63) is 29.3 Å². The molecule has 0 aromatic heterocycles. The van der Waals surface area contributed by atoms with Crippen molar-refractivity contribution in [2.75, 3.05) is 25.0 Å². The van der Waals surface area contributed by atoms with Gasteiger partial charge in [0, 0.05) is 13.1 Å². The first kappa shape index (κ1) is 14.3. The van der Waals surface area contributed by atoms with Gasteiger partial charge in [-0.1, -0.05) is 6.92 Å². The highest BCUT2D eigenvalue weighted by Gasteiger charge is 2.30. The third-order valence-electron chi connectivity index (χ3n) is 2.33. The fourth-order valence-electron chi connectivity index (χ4n) is 1.43. The van der Waals surface area contributed by atoms with E-state index in [-0.39, 0.29) is 5.56 Å². The SMILES string of the molecule is CCNCCNc1ccc(C(F)(F)F)cc1C#N. The zero-order valence-electron chi connectivity index (χ0n) is 9.93. The molecule has 6 heteroatoms. The molecule has 0 radical (unpaired) electrons. The molecule has 1 aromatic carbocycles. The lowest BCUT2D eigenvalue weighted by atomic mass is 10.1. The largest absolute Gasteiger partial charge is 0.416 e. The fourth-order valence-corrected chi connectivity index (χ4v) is 1.43. The van der Waals surface area contributed by atoms with E-state index in [4.69, 9.17) is 5.26 Å². The van der Waals surface area contributed by atoms with E-state index < -0.39 is 11.7 Å². The van der Waals surface area contributed by atoms with Crippen LogP contribution >= 0.6 is 0 Å². The molecular formula is C12H14F3N3. The van der Waals surface area contributed by atoms with Gasteiger partial charge in [-0.3, -0.25) is 0 Å². The molecule has 0 fully saturated rings. The molecule has 0 unspecified atom stereocenters. The van der Waals surface area contributed by atoms with E-state index in [1.807, 2.05) is 6.92 Å². The number of alkyl halides is 3. The minimum Gasteiger partial charge on any atom is -0.383 e. The summed E-state index contributed by atoms with van der Waals surface area (Å²) >= 11 is 0. The summed E-state index contributed by atoms with van der Waals surface area (Å²) in [7, 11) is 0. The van der Waals surface area contributed by atoms with Crippen molar-refractivity contribution in [1.29, 1.82) is 5.26 Å². The molecule has 0 aliphatic heterocycles. The number of hydrogen-bond donors (Lipinski definition) is 2. The van der Waals surface area contributed by atoms with Crippen molar-refractivity contribution in [2.45, 2.75) is 13.1 Å². The second-order valence-electron chi connectivity index (χ2n) is 3.65. The van der Waals surface area contributed by atoms with Crippen LogP contribution in [0.1, 0.15) is 18.1 Å². The van der Waals surface area contributed by atoms with E-state index in [0.717, 1.165) is 18.7 Å². The van der Waals surface area contributed by atoms with Gasteiger partial charge in [0.1, 0.15) is 6.07 Å². The van der Waals surface area contributed by atoms with Gasteiger partial charge in [-0.15, -0.1) is 0 Å². The maximum Gasteiger partial charge on any atom is 0.416 e. The number of nitriles is 1. The van der Waals surface area contributed by atoms with Crippen LogP contribution in [0.5, 0.6) is 0 Å². The molecule has 0 aliphatic carbocycles. The van der Waals surface area contributed by atoms with Crippen molar-refractivity contribution in [3.63, 3.8) is 0 Å². The second-order valence-corrected chi connectivity index (χ2v) is 3.65. The Hall–Kier alpha value is -1.74. The summed E-state index contributed by atoms with van der Waals surface area (Å²) in [5.41, 5.74) is -0.388. The first-order chi connectivity index (χ1) is 8.49. The molecule has 3 nitrogen and oxygen atoms in total. The zero-order valence-corrected chi connectivity index (χ0v) is 9.93. The maximum absolute atomic E-state index is 12.4. The Morgan fingerprint density at radius 3 is 2.56 bits per heavy atom. The van der Waals surface area contributed by atoms with Gasteiger partial charge >= 0.3 is 6.18 Å². The van der Waals surface area contributed by atoms with Crippen molar-refractivity contribution in [3.8, 4) is 6.07 Å². The molecule has 0 spiro atoms. The third kappa shape index (κ3) is 3.93. The maximum atomic E-state index is 12.4. The Labute approximate surface area is 104 Å². The Morgan fingerprint density at radius 1 is 1.28 bits per heavy atom. The van der Waals surface area contributed by atoms with E-state index >= 15 is 0 Å². The molecular weight excluding hydrogens is 243 g/mol. The number of likely N-dealkylation sites (N-methyl/N-ethyl adjacent to an activating group) is 1. The van der Waals surface area contributed by atoms with Crippen LogP contribution in [0.25, 0.3) is 0 Å². The highest BCUT2D eigenvalue weighted by atomic mass is 19.4. The monoisotopic (exact) mass is 257 g/mol. The van der Waals surface area contributed by atoms with Gasteiger partial charge in [0.2, 0.25) is 0 Å². The van der Waals surface area contributed by atoms with Crippen molar-refractivity contribution in [1.82, 2.24) is 5.32 Å². The van der Waals surface area contributed by atoms with Gasteiger partial charge in [0.25, 0.3) is 0 Å². The van der Waals surface area contributed by atoms with Crippen molar-refractivity contribution < 1.29 is 13.2 Å². The molecule has 0 atom stereocenters. The Kier molecular flexibility index (Phi) is 4.98. The van der Waals surface area contributed by atoms with Crippen LogP contribution in [0, 0.1) is 11.3 Å². The Bertz CT molecular complexity index is 435. The summed E-state index contributed by atoms with van der Waals surface area (Å²) in [5, 5.41) is 14.8. The summed E-state index contributed by atoms with van der Waals surface area (Å²) in [5.74, 6) is 0. The molecule has 0 bridgehead atoms. The molecule has 0 aliphatic rings. The lowest BCUT2D eigenvalue weighted by Gasteiger charge is -2.11. The summed E-state index contributed by atoms with van der Waals surface area (Å²) in [4.78, 5) is 0. The standard InChI is InChI=1S/C12H14F3N3/c1-2-17-5-6-18-11-4-3-10(12(13,14)15)7-9(11)8-16/h3-4,7,17-18H,2,5-6H2,1H3. The molecule has 98 valence electrons. The van der Waals surface area contributed by atoms with Gasteiger partial charge < -0.3 is 10.6 Å². The number of hydrogen-bond acceptors (Lipinski definition) is 3. The molecule has 0 saturated carbocycles. The fraction of sp³-hybridized carbons (Fsp3) is 0.417. The molecule has 2 N–H and O–H groups in total. The summed E-state index contributed by atoms with van der Waals surface area (Å²) in [6.45, 7) is 4.01. The van der Waals surface area contributed by atoms with Gasteiger partial charge in [-0.05, 0) is 24.7 Å². The minimum atomic E-state index is -4.42. The summed E-state index contributed by atoms with van der Waals surface area (Å²) in [6.07, 6.45) is -4.42. The molecule has 0 amide bonds. The van der Waals surface area contributed by atoms with Crippen molar-refractivity contribution >= 4 is 5.69 Å². The number of nitrogens with zero attached hydrogens (tertiary/aromatic N) is 1. The quantitative estimate of drug-likeness (QED) is 0.797. The van der Waals surface area contributed by atoms with Crippen LogP contribution < -0.4 is 10.6 Å². The highest BCUT2D eigenvalue weighted by molar-refractivity contribution is 5.59. The average molecular weight is 257 g/mol. The van der Waals surface area contributed by atoms with Crippen LogP contribution in [-0.2, 0) is 6.18 Å². The van der Waals surface area contributed by atoms with Crippen LogP contribution in [0.3, 0.4) is 0 Å².